The predicted octanol–water partition coefficient (Wildman–Crippen LogP) is 1.24. The van der Waals surface area contributed by atoms with Crippen molar-refractivity contribution in [3.05, 3.63) is 43.6 Å². The van der Waals surface area contributed by atoms with Crippen molar-refractivity contribution in [2.75, 3.05) is 0 Å². The molecule has 0 saturated carbocycles. The number of rotatable bonds is 0. The van der Waals surface area contributed by atoms with Crippen LogP contribution in [0.2, 0.25) is 0 Å². The second kappa shape index (κ2) is 2.85. The van der Waals surface area contributed by atoms with E-state index in [1.807, 2.05) is 0 Å². The van der Waals surface area contributed by atoms with Crippen LogP contribution >= 0.6 is 15.9 Å². The molecule has 13 heavy (non-hydrogen) atoms. The number of fused-ring (bicyclic) bond motifs is 1. The van der Waals surface area contributed by atoms with Gasteiger partial charge in [0.15, 0.2) is 0 Å². The molecule has 0 radical (unpaired) electrons. The maximum absolute atomic E-state index is 11.1. The van der Waals surface area contributed by atoms with Crippen molar-refractivity contribution in [3.63, 3.8) is 0 Å². The van der Waals surface area contributed by atoms with Gasteiger partial charge >= 0.3 is 11.4 Å². The van der Waals surface area contributed by atoms with Crippen LogP contribution in [0.5, 0.6) is 0 Å². The Morgan fingerprint density at radius 3 is 2.85 bits per heavy atom. The number of hydrogen-bond acceptors (Lipinski definition) is 3. The summed E-state index contributed by atoms with van der Waals surface area (Å²) in [6, 6.07) is 5.02. The van der Waals surface area contributed by atoms with E-state index in [2.05, 4.69) is 25.3 Å². The Balaban J connectivity index is 3.12. The third-order valence-corrected chi connectivity index (χ3v) is 2.31. The summed E-state index contributed by atoms with van der Waals surface area (Å²) in [6.45, 7) is 0. The molecule has 66 valence electrons. The third-order valence-electron chi connectivity index (χ3n) is 1.65. The molecule has 0 amide bonds. The van der Waals surface area contributed by atoms with Crippen molar-refractivity contribution < 1.29 is 4.42 Å². The number of para-hydroxylation sites is 1. The van der Waals surface area contributed by atoms with Gasteiger partial charge in [-0.15, -0.1) is 0 Å². The topological polar surface area (TPSA) is 63.1 Å². The first-order valence-electron chi connectivity index (χ1n) is 3.50. The van der Waals surface area contributed by atoms with E-state index in [1.165, 1.54) is 0 Å². The van der Waals surface area contributed by atoms with E-state index >= 15 is 0 Å². The molecule has 2 rings (SSSR count). The minimum Gasteiger partial charge on any atom is -0.372 e. The summed E-state index contributed by atoms with van der Waals surface area (Å²) < 4.78 is 5.02. The van der Waals surface area contributed by atoms with E-state index in [9.17, 15) is 9.59 Å². The van der Waals surface area contributed by atoms with Crippen molar-refractivity contribution >= 4 is 26.8 Å². The fraction of sp³-hybridized carbons (Fsp3) is 0. The number of benzene rings is 1. The van der Waals surface area contributed by atoms with E-state index in [0.717, 1.165) is 0 Å². The molecule has 1 N–H and O–H groups in total. The average Bonchev–Trinajstić information content (AvgIpc) is 2.07. The molecule has 0 bridgehead atoms. The highest BCUT2D eigenvalue weighted by Gasteiger charge is 2.03. The van der Waals surface area contributed by atoms with Crippen LogP contribution in [-0.2, 0) is 0 Å². The molecule has 0 aliphatic heterocycles. The Morgan fingerprint density at radius 2 is 2.08 bits per heavy atom. The van der Waals surface area contributed by atoms with Gasteiger partial charge in [0.05, 0.1) is 10.9 Å². The van der Waals surface area contributed by atoms with Crippen LogP contribution < -0.4 is 11.4 Å². The molecule has 0 unspecified atom stereocenters. The third kappa shape index (κ3) is 1.31. The molecule has 0 atom stereocenters. The number of nitrogens with one attached hydrogen (secondary N) is 1. The number of halogens is 1. The van der Waals surface area contributed by atoms with Gasteiger partial charge in [-0.25, -0.2) is 9.59 Å². The van der Waals surface area contributed by atoms with E-state index in [1.54, 1.807) is 18.2 Å². The minimum absolute atomic E-state index is 0.356. The number of H-pyrrole nitrogens is 1. The molecule has 0 saturated heterocycles. The molecule has 0 spiro atoms. The summed E-state index contributed by atoms with van der Waals surface area (Å²) in [6.07, 6.45) is 0. The lowest BCUT2D eigenvalue weighted by molar-refractivity contribution is 0.460. The zero-order valence-corrected chi connectivity index (χ0v) is 7.92. The molecule has 2 aromatic rings. The van der Waals surface area contributed by atoms with Gasteiger partial charge in [0.2, 0.25) is 0 Å². The van der Waals surface area contributed by atoms with Crippen molar-refractivity contribution in [2.45, 2.75) is 0 Å². The first-order chi connectivity index (χ1) is 6.18. The molecule has 0 fully saturated rings. The second-order valence-electron chi connectivity index (χ2n) is 2.46. The van der Waals surface area contributed by atoms with Crippen LogP contribution in [0.1, 0.15) is 0 Å². The predicted molar refractivity (Wildman–Crippen MR) is 50.8 cm³/mol. The maximum atomic E-state index is 11.1. The molecular weight excluding hydrogens is 238 g/mol. The molecule has 4 nitrogen and oxygen atoms in total. The van der Waals surface area contributed by atoms with Crippen LogP contribution in [0.3, 0.4) is 0 Å². The van der Waals surface area contributed by atoms with Gasteiger partial charge in [0, 0.05) is 4.47 Å². The lowest BCUT2D eigenvalue weighted by Crippen LogP contribution is -2.14. The first kappa shape index (κ1) is 8.25. The molecule has 0 aliphatic rings. The minimum atomic E-state index is -0.746. The van der Waals surface area contributed by atoms with Gasteiger partial charge in [-0.05, 0) is 28.1 Å². The second-order valence-corrected chi connectivity index (χ2v) is 3.32. The number of hydrogen-bond donors (Lipinski definition) is 1. The summed E-state index contributed by atoms with van der Waals surface area (Å²) in [4.78, 5) is 24.4. The van der Waals surface area contributed by atoms with Gasteiger partial charge < -0.3 is 4.42 Å². The van der Waals surface area contributed by atoms with Gasteiger partial charge in [0.25, 0.3) is 0 Å². The Bertz CT molecular complexity index is 569. The zero-order valence-electron chi connectivity index (χ0n) is 6.33. The first-order valence-corrected chi connectivity index (χ1v) is 4.29. The molecular formula is C8H4BrNO3. The van der Waals surface area contributed by atoms with Crippen LogP contribution in [0.4, 0.5) is 0 Å². The highest BCUT2D eigenvalue weighted by Crippen LogP contribution is 2.17. The summed E-state index contributed by atoms with van der Waals surface area (Å²) in [5.41, 5.74) is -0.163. The maximum Gasteiger partial charge on any atom is 0.419 e. The summed E-state index contributed by atoms with van der Waals surface area (Å²) >= 11 is 3.21. The van der Waals surface area contributed by atoms with Gasteiger partial charge in [-0.1, -0.05) is 6.07 Å². The quantitative estimate of drug-likeness (QED) is 0.755. The van der Waals surface area contributed by atoms with E-state index in [0.29, 0.717) is 15.4 Å². The van der Waals surface area contributed by atoms with Crippen molar-refractivity contribution in [1.29, 1.82) is 0 Å². The van der Waals surface area contributed by atoms with E-state index in [4.69, 9.17) is 0 Å². The fourth-order valence-electron chi connectivity index (χ4n) is 1.09. The van der Waals surface area contributed by atoms with Crippen LogP contribution in [0.25, 0.3) is 10.9 Å². The SMILES string of the molecule is O=c1[nH]c2c(Br)cccc2c(=O)o1. The van der Waals surface area contributed by atoms with Gasteiger partial charge in [-0.2, -0.15) is 0 Å². The molecule has 5 heteroatoms. The van der Waals surface area contributed by atoms with E-state index < -0.39 is 11.4 Å². The monoisotopic (exact) mass is 241 g/mol. The highest BCUT2D eigenvalue weighted by molar-refractivity contribution is 9.10. The van der Waals surface area contributed by atoms with Crippen molar-refractivity contribution in [3.8, 4) is 0 Å². The molecule has 1 aromatic carbocycles. The largest absolute Gasteiger partial charge is 0.419 e. The Morgan fingerprint density at radius 1 is 1.31 bits per heavy atom. The lowest BCUT2D eigenvalue weighted by atomic mass is 10.2. The zero-order chi connectivity index (χ0) is 9.42. The number of aromatic nitrogens is 1. The molecule has 1 heterocycles. The Labute approximate surface area is 80.3 Å². The fourth-order valence-corrected chi connectivity index (χ4v) is 1.55. The van der Waals surface area contributed by atoms with Gasteiger partial charge in [0.1, 0.15) is 0 Å². The average molecular weight is 242 g/mol. The molecule has 0 aliphatic carbocycles. The normalized spacial score (nSPS) is 10.5. The van der Waals surface area contributed by atoms with Crippen LogP contribution in [0, 0.1) is 0 Å². The van der Waals surface area contributed by atoms with Crippen LogP contribution in [0.15, 0.2) is 36.7 Å². The lowest BCUT2D eigenvalue weighted by Gasteiger charge is -1.96. The summed E-state index contributed by atoms with van der Waals surface area (Å²) in [5, 5.41) is 0.356. The standard InChI is InChI=1S/C8H4BrNO3/c9-5-3-1-2-4-6(5)10-8(12)13-7(4)11/h1-3H,(H,10,12). The van der Waals surface area contributed by atoms with Crippen molar-refractivity contribution in [1.82, 2.24) is 4.98 Å². The number of aromatic amines is 1. The van der Waals surface area contributed by atoms with Gasteiger partial charge in [-0.3, -0.25) is 4.98 Å². The van der Waals surface area contributed by atoms with Crippen molar-refractivity contribution in [2.24, 2.45) is 0 Å². The smallest absolute Gasteiger partial charge is 0.372 e. The summed E-state index contributed by atoms with van der Waals surface area (Å²) in [5.74, 6) is -0.746. The Kier molecular flexibility index (Phi) is 1.81. The molecule has 1 aromatic heterocycles. The Hall–Kier alpha value is -1.36. The van der Waals surface area contributed by atoms with Crippen LogP contribution in [-0.4, -0.2) is 4.98 Å². The van der Waals surface area contributed by atoms with E-state index in [-0.39, 0.29) is 0 Å². The summed E-state index contributed by atoms with van der Waals surface area (Å²) in [7, 11) is 0. The highest BCUT2D eigenvalue weighted by atomic mass is 79.9.